The topological polar surface area (TPSA) is 50.2 Å². The summed E-state index contributed by atoms with van der Waals surface area (Å²) < 4.78 is 0. The predicted molar refractivity (Wildman–Crippen MR) is 57.0 cm³/mol. The lowest BCUT2D eigenvalue weighted by molar-refractivity contribution is 0.0348. The average Bonchev–Trinajstić information content (AvgIpc) is 2.65. The molecule has 1 saturated carbocycles. The first kappa shape index (κ1) is 10.6. The van der Waals surface area contributed by atoms with Gasteiger partial charge in [-0.1, -0.05) is 17.7 Å². The minimum Gasteiger partial charge on any atom is -0.382 e. The number of halogens is 1. The number of aliphatic hydroxyl groups is 1. The van der Waals surface area contributed by atoms with E-state index in [2.05, 4.69) is 4.98 Å². The van der Waals surface area contributed by atoms with Crippen LogP contribution in [0.2, 0.25) is 5.15 Å². The second-order valence-corrected chi connectivity index (χ2v) is 4.30. The number of hydrogen-bond acceptors (Lipinski definition) is 3. The van der Waals surface area contributed by atoms with E-state index < -0.39 is 5.60 Å². The molecule has 1 heterocycles. The molecule has 15 heavy (non-hydrogen) atoms. The van der Waals surface area contributed by atoms with Crippen LogP contribution in [0.25, 0.3) is 0 Å². The predicted octanol–water partition coefficient (Wildman–Crippen LogP) is 2.22. The maximum absolute atomic E-state index is 11.9. The van der Waals surface area contributed by atoms with E-state index in [9.17, 15) is 9.90 Å². The molecule has 0 bridgehead atoms. The van der Waals surface area contributed by atoms with Crippen molar-refractivity contribution >= 4 is 17.4 Å². The second kappa shape index (κ2) is 3.91. The van der Waals surface area contributed by atoms with Crippen molar-refractivity contribution in [3.8, 4) is 0 Å². The Kier molecular flexibility index (Phi) is 2.76. The van der Waals surface area contributed by atoms with Gasteiger partial charge in [0.2, 0.25) is 5.78 Å². The molecule has 0 aromatic carbocycles. The lowest BCUT2D eigenvalue weighted by Gasteiger charge is -2.19. The van der Waals surface area contributed by atoms with Gasteiger partial charge in [0.25, 0.3) is 0 Å². The fourth-order valence-electron chi connectivity index (χ4n) is 1.96. The van der Waals surface area contributed by atoms with Gasteiger partial charge in [-0.05, 0) is 37.8 Å². The van der Waals surface area contributed by atoms with Crippen LogP contribution >= 0.6 is 11.6 Å². The molecule has 0 spiro atoms. The van der Waals surface area contributed by atoms with E-state index >= 15 is 0 Å². The highest BCUT2D eigenvalue weighted by Crippen LogP contribution is 2.32. The van der Waals surface area contributed by atoms with Crippen LogP contribution in [0.1, 0.15) is 36.2 Å². The van der Waals surface area contributed by atoms with Crippen molar-refractivity contribution in [3.63, 3.8) is 0 Å². The Morgan fingerprint density at radius 1 is 1.40 bits per heavy atom. The molecule has 0 amide bonds. The summed E-state index contributed by atoms with van der Waals surface area (Å²) in [6, 6.07) is 4.86. The van der Waals surface area contributed by atoms with Gasteiger partial charge in [0.05, 0.1) is 0 Å². The summed E-state index contributed by atoms with van der Waals surface area (Å²) in [6.45, 7) is 0. The number of hydrogen-bond donors (Lipinski definition) is 1. The minimum absolute atomic E-state index is 0.256. The third kappa shape index (κ3) is 2.03. The van der Waals surface area contributed by atoms with E-state index in [1.165, 1.54) is 0 Å². The number of nitrogens with zero attached hydrogens (tertiary/aromatic N) is 1. The average molecular weight is 226 g/mol. The third-order valence-corrected chi connectivity index (χ3v) is 3.01. The summed E-state index contributed by atoms with van der Waals surface area (Å²) in [5.74, 6) is -0.303. The van der Waals surface area contributed by atoms with Crippen LogP contribution in [0.3, 0.4) is 0 Å². The van der Waals surface area contributed by atoms with Gasteiger partial charge in [-0.25, -0.2) is 4.98 Å². The molecule has 4 heteroatoms. The number of carbonyl (C=O) groups is 1. The van der Waals surface area contributed by atoms with E-state index in [0.717, 1.165) is 12.8 Å². The van der Waals surface area contributed by atoms with Crippen molar-refractivity contribution in [2.45, 2.75) is 31.3 Å². The summed E-state index contributed by atoms with van der Waals surface area (Å²) in [5, 5.41) is 10.4. The number of ketones is 1. The zero-order valence-corrected chi connectivity index (χ0v) is 9.00. The largest absolute Gasteiger partial charge is 0.382 e. The lowest BCUT2D eigenvalue weighted by Crippen LogP contribution is -2.35. The van der Waals surface area contributed by atoms with E-state index in [-0.39, 0.29) is 16.6 Å². The molecule has 1 aliphatic rings. The van der Waals surface area contributed by atoms with E-state index in [1.54, 1.807) is 18.2 Å². The molecule has 0 saturated heterocycles. The van der Waals surface area contributed by atoms with Crippen molar-refractivity contribution < 1.29 is 9.90 Å². The Morgan fingerprint density at radius 3 is 2.67 bits per heavy atom. The van der Waals surface area contributed by atoms with Crippen molar-refractivity contribution in [1.29, 1.82) is 0 Å². The van der Waals surface area contributed by atoms with Crippen LogP contribution in [-0.2, 0) is 0 Å². The first-order valence-electron chi connectivity index (χ1n) is 5.02. The van der Waals surface area contributed by atoms with Crippen molar-refractivity contribution in [2.24, 2.45) is 0 Å². The molecule has 0 atom stereocenters. The highest BCUT2D eigenvalue weighted by atomic mass is 35.5. The Labute approximate surface area is 93.1 Å². The van der Waals surface area contributed by atoms with Gasteiger partial charge in [0, 0.05) is 0 Å². The summed E-state index contributed by atoms with van der Waals surface area (Å²) in [7, 11) is 0. The van der Waals surface area contributed by atoms with Crippen molar-refractivity contribution in [2.75, 3.05) is 0 Å². The fourth-order valence-corrected chi connectivity index (χ4v) is 2.12. The quantitative estimate of drug-likeness (QED) is 0.620. The Morgan fingerprint density at radius 2 is 2.07 bits per heavy atom. The Bertz CT molecular complexity index is 386. The van der Waals surface area contributed by atoms with Crippen LogP contribution in [0.15, 0.2) is 18.2 Å². The van der Waals surface area contributed by atoms with Gasteiger partial charge < -0.3 is 5.11 Å². The number of Topliss-reactive ketones (excluding diaryl/α,β-unsaturated/α-hetero) is 1. The fraction of sp³-hybridized carbons (Fsp3) is 0.455. The molecule has 1 aromatic heterocycles. The summed E-state index contributed by atoms with van der Waals surface area (Å²) in [5.41, 5.74) is -0.954. The van der Waals surface area contributed by atoms with E-state index in [0.29, 0.717) is 12.8 Å². The van der Waals surface area contributed by atoms with Gasteiger partial charge in [-0.15, -0.1) is 0 Å². The number of carbonyl (C=O) groups excluding carboxylic acids is 1. The molecule has 3 nitrogen and oxygen atoms in total. The summed E-state index contributed by atoms with van der Waals surface area (Å²) in [4.78, 5) is 15.9. The highest BCUT2D eigenvalue weighted by Gasteiger charge is 2.39. The Balaban J connectivity index is 2.27. The Hall–Kier alpha value is -0.930. The van der Waals surface area contributed by atoms with E-state index in [4.69, 9.17) is 11.6 Å². The minimum atomic E-state index is -1.21. The highest BCUT2D eigenvalue weighted by molar-refractivity contribution is 6.29. The van der Waals surface area contributed by atoms with Gasteiger partial charge in [0.1, 0.15) is 16.4 Å². The first-order chi connectivity index (χ1) is 7.12. The van der Waals surface area contributed by atoms with Crippen LogP contribution in [0.4, 0.5) is 0 Å². The monoisotopic (exact) mass is 225 g/mol. The van der Waals surface area contributed by atoms with E-state index in [1.807, 2.05) is 0 Å². The zero-order valence-electron chi connectivity index (χ0n) is 8.24. The van der Waals surface area contributed by atoms with Crippen LogP contribution < -0.4 is 0 Å². The molecule has 0 unspecified atom stereocenters. The van der Waals surface area contributed by atoms with Gasteiger partial charge in [-0.3, -0.25) is 4.79 Å². The molecule has 80 valence electrons. The zero-order chi connectivity index (χ0) is 10.9. The standard InChI is InChI=1S/C11H12ClNO2/c12-9-5-3-4-8(13-9)10(14)11(15)6-1-2-7-11/h3-5,15H,1-2,6-7H2. The maximum atomic E-state index is 11.9. The molecule has 1 aromatic rings. The van der Waals surface area contributed by atoms with Crippen molar-refractivity contribution in [3.05, 3.63) is 29.0 Å². The molecule has 1 fully saturated rings. The normalized spacial score (nSPS) is 19.1. The molecular formula is C11H12ClNO2. The van der Waals surface area contributed by atoms with Gasteiger partial charge in [-0.2, -0.15) is 0 Å². The lowest BCUT2D eigenvalue weighted by atomic mass is 9.94. The molecule has 1 N–H and O–H groups in total. The number of aromatic nitrogens is 1. The van der Waals surface area contributed by atoms with Crippen LogP contribution in [0.5, 0.6) is 0 Å². The van der Waals surface area contributed by atoms with Crippen molar-refractivity contribution in [1.82, 2.24) is 4.98 Å². The van der Waals surface area contributed by atoms with Gasteiger partial charge in [0.15, 0.2) is 0 Å². The summed E-state index contributed by atoms with van der Waals surface area (Å²) in [6.07, 6.45) is 2.84. The molecule has 1 aliphatic carbocycles. The molecular weight excluding hydrogens is 214 g/mol. The number of pyridine rings is 1. The van der Waals surface area contributed by atoms with Crippen LogP contribution in [-0.4, -0.2) is 21.5 Å². The van der Waals surface area contributed by atoms with Gasteiger partial charge >= 0.3 is 0 Å². The molecule has 2 rings (SSSR count). The van der Waals surface area contributed by atoms with Crippen LogP contribution in [0, 0.1) is 0 Å². The molecule has 0 radical (unpaired) electrons. The molecule has 0 aliphatic heterocycles. The second-order valence-electron chi connectivity index (χ2n) is 3.91. The number of rotatable bonds is 2. The summed E-state index contributed by atoms with van der Waals surface area (Å²) >= 11 is 5.70. The maximum Gasteiger partial charge on any atom is 0.212 e. The first-order valence-corrected chi connectivity index (χ1v) is 5.39. The third-order valence-electron chi connectivity index (χ3n) is 2.80. The SMILES string of the molecule is O=C(c1cccc(Cl)n1)C1(O)CCCC1. The smallest absolute Gasteiger partial charge is 0.212 e.